The van der Waals surface area contributed by atoms with Crippen LogP contribution >= 0.6 is 0 Å². The number of aromatic hydroxyl groups is 1. The van der Waals surface area contributed by atoms with Crippen molar-refractivity contribution in [1.29, 1.82) is 0 Å². The molecule has 0 amide bonds. The highest BCUT2D eigenvalue weighted by Crippen LogP contribution is 2.34. The number of hydrogen-bond donors (Lipinski definition) is 1. The fourth-order valence-electron chi connectivity index (χ4n) is 3.39. The Bertz CT molecular complexity index is 1100. The van der Waals surface area contributed by atoms with Crippen LogP contribution in [0.15, 0.2) is 97.1 Å². The third-order valence-electron chi connectivity index (χ3n) is 5.07. The average Bonchev–Trinajstić information content (AvgIpc) is 2.76. The molecule has 0 aliphatic rings. The van der Waals surface area contributed by atoms with E-state index >= 15 is 0 Å². The Morgan fingerprint density at radius 1 is 0.567 bits per heavy atom. The highest BCUT2D eigenvalue weighted by Gasteiger charge is 2.12. The number of nitrogens with zero attached hydrogens (tertiary/aromatic N) is 1. The third-order valence-corrected chi connectivity index (χ3v) is 5.07. The standard InChI is InChI=1S/C28H25NO/c1-21-6-14-25(15-7-21)29(26-16-8-22(2)9-17-26)27-18-12-23(13-19-27)10-11-24-4-3-5-28(30)20-24/h3-20,30H,1-2H3/b11-10+. The van der Waals surface area contributed by atoms with Crippen LogP contribution in [-0.4, -0.2) is 5.11 Å². The Kier molecular flexibility index (Phi) is 5.67. The Labute approximate surface area is 178 Å². The Hall–Kier alpha value is -3.78. The molecule has 4 aromatic carbocycles. The van der Waals surface area contributed by atoms with E-state index in [9.17, 15) is 5.11 Å². The van der Waals surface area contributed by atoms with E-state index < -0.39 is 0 Å². The lowest BCUT2D eigenvalue weighted by atomic mass is 10.1. The summed E-state index contributed by atoms with van der Waals surface area (Å²) in [5, 5.41) is 9.62. The Morgan fingerprint density at radius 3 is 1.53 bits per heavy atom. The van der Waals surface area contributed by atoms with Crippen molar-refractivity contribution in [3.05, 3.63) is 119 Å². The minimum Gasteiger partial charge on any atom is -0.508 e. The van der Waals surface area contributed by atoms with Crippen molar-refractivity contribution in [2.24, 2.45) is 0 Å². The highest BCUT2D eigenvalue weighted by molar-refractivity contribution is 5.78. The molecule has 0 saturated carbocycles. The molecule has 2 heteroatoms. The van der Waals surface area contributed by atoms with E-state index in [0.29, 0.717) is 0 Å². The van der Waals surface area contributed by atoms with Gasteiger partial charge in [-0.1, -0.05) is 71.8 Å². The molecular formula is C28H25NO. The third kappa shape index (κ3) is 4.61. The lowest BCUT2D eigenvalue weighted by Gasteiger charge is -2.25. The minimum atomic E-state index is 0.277. The number of rotatable bonds is 5. The van der Waals surface area contributed by atoms with Crippen molar-refractivity contribution in [3.8, 4) is 5.75 Å². The summed E-state index contributed by atoms with van der Waals surface area (Å²) in [6.45, 7) is 4.21. The normalized spacial score (nSPS) is 11.0. The molecule has 2 nitrogen and oxygen atoms in total. The second-order valence-corrected chi connectivity index (χ2v) is 7.53. The zero-order chi connectivity index (χ0) is 20.9. The molecule has 0 spiro atoms. The molecule has 30 heavy (non-hydrogen) atoms. The second kappa shape index (κ2) is 8.71. The molecule has 0 radical (unpaired) electrons. The van der Waals surface area contributed by atoms with Gasteiger partial charge in [-0.25, -0.2) is 0 Å². The molecule has 4 aromatic rings. The monoisotopic (exact) mass is 391 g/mol. The maximum atomic E-state index is 9.62. The van der Waals surface area contributed by atoms with Crippen molar-refractivity contribution in [2.45, 2.75) is 13.8 Å². The fourth-order valence-corrected chi connectivity index (χ4v) is 3.39. The van der Waals surface area contributed by atoms with Crippen LogP contribution in [0.25, 0.3) is 12.2 Å². The molecule has 0 aliphatic heterocycles. The van der Waals surface area contributed by atoms with Gasteiger partial charge in [0.25, 0.3) is 0 Å². The number of hydrogen-bond acceptors (Lipinski definition) is 2. The first-order valence-electron chi connectivity index (χ1n) is 10.1. The van der Waals surface area contributed by atoms with Crippen LogP contribution in [0.4, 0.5) is 17.1 Å². The summed E-state index contributed by atoms with van der Waals surface area (Å²) in [5.74, 6) is 0.277. The largest absolute Gasteiger partial charge is 0.508 e. The van der Waals surface area contributed by atoms with Gasteiger partial charge in [0.2, 0.25) is 0 Å². The Balaban J connectivity index is 1.65. The van der Waals surface area contributed by atoms with E-state index in [4.69, 9.17) is 0 Å². The first kappa shape index (κ1) is 19.5. The van der Waals surface area contributed by atoms with Crippen LogP contribution in [0.5, 0.6) is 5.75 Å². The average molecular weight is 392 g/mol. The van der Waals surface area contributed by atoms with Crippen LogP contribution in [0.3, 0.4) is 0 Å². The lowest BCUT2D eigenvalue weighted by Crippen LogP contribution is -2.09. The fraction of sp³-hybridized carbons (Fsp3) is 0.0714. The summed E-state index contributed by atoms with van der Waals surface area (Å²) in [5.41, 5.74) is 7.94. The summed E-state index contributed by atoms with van der Waals surface area (Å²) < 4.78 is 0. The van der Waals surface area contributed by atoms with E-state index in [1.54, 1.807) is 12.1 Å². The number of aryl methyl sites for hydroxylation is 2. The van der Waals surface area contributed by atoms with Crippen molar-refractivity contribution in [3.63, 3.8) is 0 Å². The van der Waals surface area contributed by atoms with Gasteiger partial charge in [0.15, 0.2) is 0 Å². The van der Waals surface area contributed by atoms with Crippen molar-refractivity contribution < 1.29 is 5.11 Å². The van der Waals surface area contributed by atoms with Gasteiger partial charge in [-0.15, -0.1) is 0 Å². The molecule has 0 heterocycles. The van der Waals surface area contributed by atoms with E-state index in [0.717, 1.165) is 28.2 Å². The lowest BCUT2D eigenvalue weighted by molar-refractivity contribution is 0.475. The smallest absolute Gasteiger partial charge is 0.116 e. The summed E-state index contributed by atoms with van der Waals surface area (Å²) >= 11 is 0. The van der Waals surface area contributed by atoms with E-state index in [1.165, 1.54) is 11.1 Å². The van der Waals surface area contributed by atoms with Gasteiger partial charge in [-0.2, -0.15) is 0 Å². The maximum absolute atomic E-state index is 9.62. The SMILES string of the molecule is Cc1ccc(N(c2ccc(C)cc2)c2ccc(/C=C/c3cccc(O)c3)cc2)cc1. The molecule has 0 saturated heterocycles. The van der Waals surface area contributed by atoms with E-state index in [2.05, 4.69) is 97.6 Å². The molecule has 0 bridgehead atoms. The molecule has 0 fully saturated rings. The predicted octanol–water partition coefficient (Wildman–Crippen LogP) is 7.65. The first-order chi connectivity index (χ1) is 14.6. The molecule has 0 unspecified atom stereocenters. The van der Waals surface area contributed by atoms with Crippen LogP contribution in [0.2, 0.25) is 0 Å². The second-order valence-electron chi connectivity index (χ2n) is 7.53. The zero-order valence-corrected chi connectivity index (χ0v) is 17.3. The maximum Gasteiger partial charge on any atom is 0.116 e. The molecular weight excluding hydrogens is 366 g/mol. The predicted molar refractivity (Wildman–Crippen MR) is 128 cm³/mol. The molecule has 0 aromatic heterocycles. The van der Waals surface area contributed by atoms with Crippen molar-refractivity contribution in [2.75, 3.05) is 4.90 Å². The van der Waals surface area contributed by atoms with Gasteiger partial charge in [0, 0.05) is 17.1 Å². The summed E-state index contributed by atoms with van der Waals surface area (Å²) in [6, 6.07) is 33.0. The van der Waals surface area contributed by atoms with Crippen molar-refractivity contribution >= 4 is 29.2 Å². The zero-order valence-electron chi connectivity index (χ0n) is 17.3. The summed E-state index contributed by atoms with van der Waals surface area (Å²) in [4.78, 5) is 2.27. The summed E-state index contributed by atoms with van der Waals surface area (Å²) in [6.07, 6.45) is 4.06. The van der Waals surface area contributed by atoms with Crippen LogP contribution < -0.4 is 4.90 Å². The molecule has 4 rings (SSSR count). The van der Waals surface area contributed by atoms with E-state index in [-0.39, 0.29) is 5.75 Å². The van der Waals surface area contributed by atoms with Gasteiger partial charge in [-0.05, 0) is 73.5 Å². The molecule has 0 aliphatic carbocycles. The minimum absolute atomic E-state index is 0.277. The number of benzene rings is 4. The van der Waals surface area contributed by atoms with Gasteiger partial charge in [0.05, 0.1) is 0 Å². The van der Waals surface area contributed by atoms with Crippen molar-refractivity contribution in [1.82, 2.24) is 0 Å². The van der Waals surface area contributed by atoms with Crippen LogP contribution in [-0.2, 0) is 0 Å². The number of phenols is 1. The van der Waals surface area contributed by atoms with Crippen LogP contribution in [0, 0.1) is 13.8 Å². The molecule has 0 atom stereocenters. The number of anilines is 3. The van der Waals surface area contributed by atoms with Gasteiger partial charge < -0.3 is 10.0 Å². The highest BCUT2D eigenvalue weighted by atomic mass is 16.3. The molecule has 148 valence electrons. The Morgan fingerprint density at radius 2 is 1.03 bits per heavy atom. The molecule has 1 N–H and O–H groups in total. The van der Waals surface area contributed by atoms with E-state index in [1.807, 2.05) is 18.2 Å². The van der Waals surface area contributed by atoms with Gasteiger partial charge in [-0.3, -0.25) is 0 Å². The first-order valence-corrected chi connectivity index (χ1v) is 10.1. The van der Waals surface area contributed by atoms with Crippen LogP contribution in [0.1, 0.15) is 22.3 Å². The van der Waals surface area contributed by atoms with Gasteiger partial charge in [0.1, 0.15) is 5.75 Å². The number of phenolic OH excluding ortho intramolecular Hbond substituents is 1. The summed E-state index contributed by atoms with van der Waals surface area (Å²) in [7, 11) is 0. The van der Waals surface area contributed by atoms with Gasteiger partial charge >= 0.3 is 0 Å². The topological polar surface area (TPSA) is 23.5 Å². The quantitative estimate of drug-likeness (QED) is 0.353.